The van der Waals surface area contributed by atoms with Crippen LogP contribution in [0.15, 0.2) is 42.0 Å². The van der Waals surface area contributed by atoms with Crippen LogP contribution in [0.3, 0.4) is 0 Å². The van der Waals surface area contributed by atoms with Gasteiger partial charge in [0.15, 0.2) is 23.4 Å². The molecule has 0 radical (unpaired) electrons. The van der Waals surface area contributed by atoms with Crippen LogP contribution in [-0.4, -0.2) is 51.7 Å². The van der Waals surface area contributed by atoms with Gasteiger partial charge in [0, 0.05) is 30.1 Å². The van der Waals surface area contributed by atoms with Crippen molar-refractivity contribution in [3.8, 4) is 11.5 Å². The SMILES string of the molecule is Cc1ccc(/C=C2/C[C@@]3(O)C4Cc5ccc(O)c6c5C3(CCN4CC3CC3)[C@@H](O6)C2=O)cc1. The van der Waals surface area contributed by atoms with E-state index < -0.39 is 17.1 Å². The second kappa shape index (κ2) is 6.49. The Morgan fingerprint density at radius 3 is 2.73 bits per heavy atom. The molecule has 2 bridgehead atoms. The Bertz CT molecular complexity index is 1210. The van der Waals surface area contributed by atoms with Crippen LogP contribution in [0.4, 0.5) is 0 Å². The molecule has 2 aliphatic heterocycles. The first kappa shape index (κ1) is 19.8. The summed E-state index contributed by atoms with van der Waals surface area (Å²) in [5.74, 6) is 1.14. The van der Waals surface area contributed by atoms with Gasteiger partial charge in [-0.3, -0.25) is 9.69 Å². The Labute approximate surface area is 193 Å². The number of piperidine rings is 1. The van der Waals surface area contributed by atoms with Gasteiger partial charge in [0.2, 0.25) is 0 Å². The summed E-state index contributed by atoms with van der Waals surface area (Å²) in [4.78, 5) is 16.3. The van der Waals surface area contributed by atoms with Crippen LogP contribution in [0.2, 0.25) is 0 Å². The van der Waals surface area contributed by atoms with E-state index in [0.29, 0.717) is 24.2 Å². The Balaban J connectivity index is 1.40. The van der Waals surface area contributed by atoms with Gasteiger partial charge in [0.05, 0.1) is 11.0 Å². The van der Waals surface area contributed by atoms with Gasteiger partial charge in [0.1, 0.15) is 0 Å². The number of aryl methyl sites for hydroxylation is 1. The molecule has 1 spiro atoms. The second-order valence-electron chi connectivity index (χ2n) is 10.9. The van der Waals surface area contributed by atoms with Gasteiger partial charge in [-0.05, 0) is 68.3 Å². The third kappa shape index (κ3) is 2.52. The smallest absolute Gasteiger partial charge is 0.200 e. The summed E-state index contributed by atoms with van der Waals surface area (Å²) >= 11 is 0. The number of ketones is 1. The number of carbonyl (C=O) groups is 1. The Morgan fingerprint density at radius 1 is 1.18 bits per heavy atom. The molecule has 33 heavy (non-hydrogen) atoms. The van der Waals surface area contributed by atoms with E-state index in [2.05, 4.69) is 4.90 Å². The zero-order chi connectivity index (χ0) is 22.5. The molecule has 5 nitrogen and oxygen atoms in total. The highest BCUT2D eigenvalue weighted by Crippen LogP contribution is 2.65. The lowest BCUT2D eigenvalue weighted by molar-refractivity contribution is -0.179. The highest BCUT2D eigenvalue weighted by molar-refractivity contribution is 6.06. The molecule has 2 aromatic carbocycles. The standard InChI is InChI=1S/C28H29NO4/c1-16-2-4-17(5-3-16)12-20-14-28(32)22-13-19-8-9-21(30)25-23(19)27(28,26(33-25)24(20)31)10-11-29(22)15-18-6-7-18/h2-5,8-9,12,18,22,26,30,32H,6-7,10-11,13-15H2,1H3/b20-12-/t22?,26-,27?,28+/m0/s1. The average Bonchev–Trinajstić information content (AvgIpc) is 3.53. The van der Waals surface area contributed by atoms with Crippen molar-refractivity contribution in [2.45, 2.75) is 62.2 Å². The summed E-state index contributed by atoms with van der Waals surface area (Å²) < 4.78 is 6.28. The molecule has 0 amide bonds. The number of nitrogens with zero attached hydrogens (tertiary/aromatic N) is 1. The van der Waals surface area contributed by atoms with E-state index in [-0.39, 0.29) is 17.6 Å². The van der Waals surface area contributed by atoms with Gasteiger partial charge in [-0.15, -0.1) is 0 Å². The molecule has 5 heteroatoms. The number of ether oxygens (including phenoxy) is 1. The van der Waals surface area contributed by atoms with Crippen molar-refractivity contribution < 1.29 is 19.7 Å². The summed E-state index contributed by atoms with van der Waals surface area (Å²) in [5, 5.41) is 23.3. The fourth-order valence-electron chi connectivity index (χ4n) is 7.17. The van der Waals surface area contributed by atoms with Crippen LogP contribution in [-0.2, 0) is 16.6 Å². The molecule has 2 N–H and O–H groups in total. The molecule has 3 fully saturated rings. The lowest BCUT2D eigenvalue weighted by Crippen LogP contribution is -2.77. The molecule has 4 atom stereocenters. The highest BCUT2D eigenvalue weighted by atomic mass is 16.5. The van der Waals surface area contributed by atoms with Crippen molar-refractivity contribution >= 4 is 11.9 Å². The molecular weight excluding hydrogens is 414 g/mol. The van der Waals surface area contributed by atoms with Gasteiger partial charge in [0.25, 0.3) is 0 Å². The van der Waals surface area contributed by atoms with Crippen LogP contribution in [0, 0.1) is 12.8 Å². The molecule has 7 rings (SSSR count). The Hall–Kier alpha value is -2.63. The number of Topliss-reactive ketones (excluding diaryl/α,β-unsaturated/α-hetero) is 1. The van der Waals surface area contributed by atoms with Crippen LogP contribution in [0.25, 0.3) is 6.08 Å². The van der Waals surface area contributed by atoms with E-state index in [1.165, 1.54) is 18.4 Å². The zero-order valence-electron chi connectivity index (χ0n) is 18.9. The Kier molecular flexibility index (Phi) is 3.89. The van der Waals surface area contributed by atoms with Crippen molar-refractivity contribution in [2.24, 2.45) is 5.92 Å². The number of aromatic hydroxyl groups is 1. The van der Waals surface area contributed by atoms with E-state index in [0.717, 1.165) is 42.1 Å². The van der Waals surface area contributed by atoms with Crippen molar-refractivity contribution in [1.29, 1.82) is 0 Å². The molecule has 2 saturated carbocycles. The van der Waals surface area contributed by atoms with Crippen LogP contribution in [0.1, 0.15) is 47.9 Å². The van der Waals surface area contributed by atoms with Crippen LogP contribution < -0.4 is 4.74 Å². The largest absolute Gasteiger partial charge is 0.504 e. The molecular formula is C28H29NO4. The minimum Gasteiger partial charge on any atom is -0.504 e. The maximum Gasteiger partial charge on any atom is 0.200 e. The van der Waals surface area contributed by atoms with E-state index >= 15 is 0 Å². The molecule has 170 valence electrons. The summed E-state index contributed by atoms with van der Waals surface area (Å²) in [6.45, 7) is 3.91. The second-order valence-corrected chi connectivity index (χ2v) is 10.9. The van der Waals surface area contributed by atoms with Gasteiger partial charge < -0.3 is 14.9 Å². The quantitative estimate of drug-likeness (QED) is 0.711. The van der Waals surface area contributed by atoms with E-state index in [4.69, 9.17) is 4.74 Å². The first-order valence-corrected chi connectivity index (χ1v) is 12.2. The first-order chi connectivity index (χ1) is 15.9. The van der Waals surface area contributed by atoms with Gasteiger partial charge >= 0.3 is 0 Å². The summed E-state index contributed by atoms with van der Waals surface area (Å²) in [6, 6.07) is 11.7. The molecule has 1 saturated heterocycles. The maximum absolute atomic E-state index is 13.8. The molecule has 2 aromatic rings. The van der Waals surface area contributed by atoms with Crippen molar-refractivity contribution in [3.63, 3.8) is 0 Å². The fourth-order valence-corrected chi connectivity index (χ4v) is 7.17. The monoisotopic (exact) mass is 443 g/mol. The minimum absolute atomic E-state index is 0.0573. The third-order valence-corrected chi connectivity index (χ3v) is 8.95. The lowest BCUT2D eigenvalue weighted by atomic mass is 9.48. The summed E-state index contributed by atoms with van der Waals surface area (Å²) in [6.07, 6.45) is 5.38. The van der Waals surface area contributed by atoms with Gasteiger partial charge in [-0.25, -0.2) is 0 Å². The molecule has 3 aliphatic carbocycles. The number of carbonyl (C=O) groups excluding carboxylic acids is 1. The number of likely N-dealkylation sites (tertiary alicyclic amines) is 1. The minimum atomic E-state index is -1.11. The molecule has 0 aromatic heterocycles. The number of rotatable bonds is 3. The number of hydrogen-bond donors (Lipinski definition) is 2. The average molecular weight is 444 g/mol. The van der Waals surface area contributed by atoms with Crippen molar-refractivity contribution in [1.82, 2.24) is 4.90 Å². The molecule has 2 heterocycles. The zero-order valence-corrected chi connectivity index (χ0v) is 18.9. The predicted molar refractivity (Wildman–Crippen MR) is 124 cm³/mol. The van der Waals surface area contributed by atoms with Crippen molar-refractivity contribution in [3.05, 3.63) is 64.2 Å². The number of phenols is 1. The Morgan fingerprint density at radius 2 is 1.97 bits per heavy atom. The number of aliphatic hydroxyl groups is 1. The number of hydrogen-bond acceptors (Lipinski definition) is 5. The van der Waals surface area contributed by atoms with E-state index in [1.807, 2.05) is 43.3 Å². The van der Waals surface area contributed by atoms with E-state index in [9.17, 15) is 15.0 Å². The predicted octanol–water partition coefficient (Wildman–Crippen LogP) is 3.53. The summed E-state index contributed by atoms with van der Waals surface area (Å²) in [5.41, 5.74) is 2.84. The highest BCUT2D eigenvalue weighted by Gasteiger charge is 2.74. The molecule has 2 unspecified atom stereocenters. The van der Waals surface area contributed by atoms with Crippen LogP contribution in [0.5, 0.6) is 11.5 Å². The van der Waals surface area contributed by atoms with E-state index in [1.54, 1.807) is 6.07 Å². The normalized spacial score (nSPS) is 35.5. The lowest BCUT2D eigenvalue weighted by Gasteiger charge is -2.62. The molecule has 5 aliphatic rings. The van der Waals surface area contributed by atoms with Crippen molar-refractivity contribution in [2.75, 3.05) is 13.1 Å². The number of phenolic OH excluding ortho intramolecular Hbond substituents is 1. The maximum atomic E-state index is 13.8. The number of benzene rings is 2. The topological polar surface area (TPSA) is 70.0 Å². The third-order valence-electron chi connectivity index (χ3n) is 8.95. The summed E-state index contributed by atoms with van der Waals surface area (Å²) in [7, 11) is 0. The van der Waals surface area contributed by atoms with Crippen LogP contribution >= 0.6 is 0 Å². The fraction of sp³-hybridized carbons (Fsp3) is 0.464. The van der Waals surface area contributed by atoms with Gasteiger partial charge in [-0.1, -0.05) is 35.9 Å². The van der Waals surface area contributed by atoms with Gasteiger partial charge in [-0.2, -0.15) is 0 Å². The first-order valence-electron chi connectivity index (χ1n) is 12.2.